The van der Waals surface area contributed by atoms with E-state index in [1.165, 1.54) is 0 Å². The molecule has 0 saturated carbocycles. The normalized spacial score (nSPS) is 13.2. The van der Waals surface area contributed by atoms with E-state index in [2.05, 4.69) is 0 Å². The van der Waals surface area contributed by atoms with Gasteiger partial charge >= 0.3 is 17.9 Å². The van der Waals surface area contributed by atoms with Crippen molar-refractivity contribution in [3.63, 3.8) is 0 Å². The zero-order valence-electron chi connectivity index (χ0n) is 16.9. The van der Waals surface area contributed by atoms with Gasteiger partial charge in [-0.05, 0) is 68.7 Å². The molecule has 0 bridgehead atoms. The maximum Gasteiger partial charge on any atom is 0.334 e. The van der Waals surface area contributed by atoms with Crippen LogP contribution in [0.3, 0.4) is 0 Å². The van der Waals surface area contributed by atoms with Gasteiger partial charge in [-0.25, -0.2) is 9.59 Å². The summed E-state index contributed by atoms with van der Waals surface area (Å²) in [4.78, 5) is 36.2. The van der Waals surface area contributed by atoms with Crippen LogP contribution >= 0.6 is 0 Å². The van der Waals surface area contributed by atoms with Crippen LogP contribution < -0.4 is 0 Å². The van der Waals surface area contributed by atoms with E-state index in [9.17, 15) is 14.4 Å². The van der Waals surface area contributed by atoms with E-state index < -0.39 is 34.7 Å². The monoisotopic (exact) mass is 356 g/mol. The van der Waals surface area contributed by atoms with Gasteiger partial charge in [-0.2, -0.15) is 0 Å². The molecule has 0 heterocycles. The Balaban J connectivity index is 5.17. The van der Waals surface area contributed by atoms with Crippen molar-refractivity contribution in [3.05, 3.63) is 11.6 Å². The number of rotatable bonds is 5. The van der Waals surface area contributed by atoms with Gasteiger partial charge in [-0.3, -0.25) is 4.79 Å². The summed E-state index contributed by atoms with van der Waals surface area (Å²) in [5.74, 6) is -1.76. The maximum atomic E-state index is 12.3. The second-order valence-corrected chi connectivity index (χ2v) is 8.79. The smallest absolute Gasteiger partial charge is 0.334 e. The molecule has 0 aromatic heterocycles. The highest BCUT2D eigenvalue weighted by Gasteiger charge is 2.24. The minimum Gasteiger partial charge on any atom is -0.460 e. The average molecular weight is 356 g/mol. The lowest BCUT2D eigenvalue weighted by Crippen LogP contribution is -2.27. The van der Waals surface area contributed by atoms with Crippen molar-refractivity contribution in [2.24, 2.45) is 0 Å². The van der Waals surface area contributed by atoms with Crippen molar-refractivity contribution >= 4 is 17.9 Å². The number of ether oxygens (including phenoxy) is 3. The maximum absolute atomic E-state index is 12.3. The number of esters is 3. The van der Waals surface area contributed by atoms with E-state index >= 15 is 0 Å². The third-order valence-corrected chi connectivity index (χ3v) is 2.38. The Morgan fingerprint density at radius 1 is 0.680 bits per heavy atom. The van der Waals surface area contributed by atoms with Gasteiger partial charge in [0.15, 0.2) is 0 Å². The molecule has 0 aromatic carbocycles. The van der Waals surface area contributed by atoms with E-state index in [4.69, 9.17) is 14.2 Å². The lowest BCUT2D eigenvalue weighted by Gasteiger charge is -2.22. The van der Waals surface area contributed by atoms with Gasteiger partial charge in [-0.1, -0.05) is 0 Å². The zero-order chi connectivity index (χ0) is 20.1. The first-order valence-electron chi connectivity index (χ1n) is 8.37. The second-order valence-electron chi connectivity index (χ2n) is 8.79. The SMILES string of the molecule is CC(C)(C)OC(=O)C=C(CCC(=O)OC(C)(C)C)C(=O)OC(C)(C)C. The molecule has 0 fully saturated rings. The summed E-state index contributed by atoms with van der Waals surface area (Å²) >= 11 is 0. The zero-order valence-corrected chi connectivity index (χ0v) is 16.9. The summed E-state index contributed by atoms with van der Waals surface area (Å²) in [6, 6.07) is 0. The Morgan fingerprint density at radius 3 is 1.52 bits per heavy atom. The van der Waals surface area contributed by atoms with Gasteiger partial charge < -0.3 is 14.2 Å². The van der Waals surface area contributed by atoms with Gasteiger partial charge in [0.25, 0.3) is 0 Å². The molecular formula is C19H32O6. The fourth-order valence-electron chi connectivity index (χ4n) is 1.68. The Bertz CT molecular complexity index is 524. The molecule has 0 aliphatic heterocycles. The van der Waals surface area contributed by atoms with Crippen molar-refractivity contribution in [1.29, 1.82) is 0 Å². The molecule has 0 atom stereocenters. The van der Waals surface area contributed by atoms with Crippen LogP contribution in [0.25, 0.3) is 0 Å². The molecule has 0 rings (SSSR count). The lowest BCUT2D eigenvalue weighted by atomic mass is 10.1. The quantitative estimate of drug-likeness (QED) is 0.424. The Morgan fingerprint density at radius 2 is 1.12 bits per heavy atom. The molecule has 144 valence electrons. The van der Waals surface area contributed by atoms with Crippen LogP contribution in [0.15, 0.2) is 11.6 Å². The molecule has 0 aliphatic carbocycles. The summed E-state index contributed by atoms with van der Waals surface area (Å²) in [7, 11) is 0. The highest BCUT2D eigenvalue weighted by atomic mass is 16.6. The first kappa shape index (κ1) is 23.1. The van der Waals surface area contributed by atoms with Crippen molar-refractivity contribution in [2.75, 3.05) is 0 Å². The highest BCUT2D eigenvalue weighted by molar-refractivity contribution is 5.97. The van der Waals surface area contributed by atoms with E-state index in [0.717, 1.165) is 6.08 Å². The van der Waals surface area contributed by atoms with Gasteiger partial charge in [0.2, 0.25) is 0 Å². The number of carbonyl (C=O) groups is 3. The molecule has 0 aliphatic rings. The number of hydrogen-bond acceptors (Lipinski definition) is 6. The van der Waals surface area contributed by atoms with Crippen molar-refractivity contribution < 1.29 is 28.6 Å². The fourth-order valence-corrected chi connectivity index (χ4v) is 1.68. The van der Waals surface area contributed by atoms with Crippen LogP contribution in [0.1, 0.15) is 75.2 Å². The van der Waals surface area contributed by atoms with Crippen LogP contribution in [0.5, 0.6) is 0 Å². The van der Waals surface area contributed by atoms with Gasteiger partial charge in [-0.15, -0.1) is 0 Å². The van der Waals surface area contributed by atoms with Crippen LogP contribution in [0, 0.1) is 0 Å². The predicted molar refractivity (Wildman–Crippen MR) is 94.9 cm³/mol. The number of hydrogen-bond donors (Lipinski definition) is 0. The third-order valence-electron chi connectivity index (χ3n) is 2.38. The Labute approximate surface area is 150 Å². The first-order chi connectivity index (χ1) is 11.0. The van der Waals surface area contributed by atoms with E-state index in [1.54, 1.807) is 62.3 Å². The summed E-state index contributed by atoms with van der Waals surface area (Å²) in [6.45, 7) is 15.6. The molecule has 0 N–H and O–H groups in total. The van der Waals surface area contributed by atoms with Crippen molar-refractivity contribution in [2.45, 2.75) is 92.0 Å². The molecule has 6 heteroatoms. The minimum atomic E-state index is -0.712. The van der Waals surface area contributed by atoms with Gasteiger partial charge in [0.05, 0.1) is 0 Å². The Kier molecular flexibility index (Phi) is 7.87. The topological polar surface area (TPSA) is 78.9 Å². The molecule has 0 saturated heterocycles. The molecular weight excluding hydrogens is 324 g/mol. The molecule has 0 aromatic rings. The standard InChI is InChI=1S/C19H32O6/c1-17(2,3)23-14(20)11-10-13(16(22)25-19(7,8)9)12-15(21)24-18(4,5)6/h12H,10-11H2,1-9H3. The van der Waals surface area contributed by atoms with E-state index in [-0.39, 0.29) is 18.4 Å². The number of carbonyl (C=O) groups excluding carboxylic acids is 3. The van der Waals surface area contributed by atoms with Crippen LogP contribution in [-0.4, -0.2) is 34.7 Å². The third kappa shape index (κ3) is 13.2. The second kappa shape index (κ2) is 8.50. The molecule has 0 amide bonds. The van der Waals surface area contributed by atoms with E-state index in [0.29, 0.717) is 0 Å². The molecule has 25 heavy (non-hydrogen) atoms. The lowest BCUT2D eigenvalue weighted by molar-refractivity contribution is -0.155. The molecule has 0 radical (unpaired) electrons. The summed E-state index contributed by atoms with van der Waals surface area (Å²) < 4.78 is 15.7. The average Bonchev–Trinajstić information content (AvgIpc) is 2.27. The van der Waals surface area contributed by atoms with Crippen LogP contribution in [0.2, 0.25) is 0 Å². The Hall–Kier alpha value is -1.85. The highest BCUT2D eigenvalue weighted by Crippen LogP contribution is 2.18. The minimum absolute atomic E-state index is 0.0308. The first-order valence-corrected chi connectivity index (χ1v) is 8.37. The summed E-state index contributed by atoms with van der Waals surface area (Å²) in [6.07, 6.45) is 1.08. The van der Waals surface area contributed by atoms with Gasteiger partial charge in [0, 0.05) is 18.1 Å². The summed E-state index contributed by atoms with van der Waals surface area (Å²) in [5.41, 5.74) is -1.93. The van der Waals surface area contributed by atoms with Crippen LogP contribution in [0.4, 0.5) is 0 Å². The van der Waals surface area contributed by atoms with Crippen molar-refractivity contribution in [1.82, 2.24) is 0 Å². The van der Waals surface area contributed by atoms with E-state index in [1.807, 2.05) is 0 Å². The largest absolute Gasteiger partial charge is 0.460 e. The van der Waals surface area contributed by atoms with Gasteiger partial charge in [0.1, 0.15) is 16.8 Å². The molecule has 0 unspecified atom stereocenters. The molecule has 0 spiro atoms. The van der Waals surface area contributed by atoms with Crippen molar-refractivity contribution in [3.8, 4) is 0 Å². The summed E-state index contributed by atoms with van der Waals surface area (Å²) in [5, 5.41) is 0. The fraction of sp³-hybridized carbons (Fsp3) is 0.737. The van der Waals surface area contributed by atoms with Crippen LogP contribution in [-0.2, 0) is 28.6 Å². The molecule has 6 nitrogen and oxygen atoms in total. The predicted octanol–water partition coefficient (Wildman–Crippen LogP) is 3.72.